The predicted octanol–water partition coefficient (Wildman–Crippen LogP) is 3.14. The molecule has 21 heavy (non-hydrogen) atoms. The lowest BCUT2D eigenvalue weighted by Crippen LogP contribution is -2.30. The molecular formula is C17H21FN2O. The lowest BCUT2D eigenvalue weighted by Gasteiger charge is -2.20. The lowest BCUT2D eigenvalue weighted by molar-refractivity contribution is 0.382. The van der Waals surface area contributed by atoms with Gasteiger partial charge >= 0.3 is 0 Å². The minimum atomic E-state index is -0.325. The molecule has 2 rings (SSSR count). The molecule has 2 aromatic rings. The van der Waals surface area contributed by atoms with Crippen molar-refractivity contribution in [3.8, 4) is 5.75 Å². The summed E-state index contributed by atoms with van der Waals surface area (Å²) in [5.41, 5.74) is 5.70. The van der Waals surface area contributed by atoms with Crippen molar-refractivity contribution in [2.75, 3.05) is 7.11 Å². The van der Waals surface area contributed by atoms with E-state index in [2.05, 4.69) is 18.4 Å². The molecule has 0 aromatic heterocycles. The van der Waals surface area contributed by atoms with Gasteiger partial charge in [-0.2, -0.15) is 0 Å². The van der Waals surface area contributed by atoms with Crippen LogP contribution in [0.5, 0.6) is 5.75 Å². The molecule has 0 fully saturated rings. The van der Waals surface area contributed by atoms with Crippen LogP contribution in [0, 0.1) is 5.82 Å². The number of methoxy groups -OCH3 is 1. The van der Waals surface area contributed by atoms with Gasteiger partial charge in [0.1, 0.15) is 0 Å². The highest BCUT2D eigenvalue weighted by Crippen LogP contribution is 2.26. The van der Waals surface area contributed by atoms with Crippen LogP contribution in [0.3, 0.4) is 0 Å². The Kier molecular flexibility index (Phi) is 5.31. The van der Waals surface area contributed by atoms with Crippen molar-refractivity contribution in [1.82, 2.24) is 5.43 Å². The molecule has 2 aromatic carbocycles. The number of ether oxygens (including phenoxy) is 1. The molecule has 3 nitrogen and oxygen atoms in total. The molecule has 0 saturated carbocycles. The Labute approximate surface area is 124 Å². The largest absolute Gasteiger partial charge is 0.494 e. The smallest absolute Gasteiger partial charge is 0.168 e. The zero-order valence-electron chi connectivity index (χ0n) is 12.4. The Balaban J connectivity index is 2.31. The van der Waals surface area contributed by atoms with E-state index in [9.17, 15) is 4.39 Å². The highest BCUT2D eigenvalue weighted by molar-refractivity contribution is 5.35. The summed E-state index contributed by atoms with van der Waals surface area (Å²) in [5.74, 6) is 5.62. The van der Waals surface area contributed by atoms with E-state index in [1.165, 1.54) is 12.7 Å². The Morgan fingerprint density at radius 1 is 1.14 bits per heavy atom. The van der Waals surface area contributed by atoms with E-state index in [0.717, 1.165) is 12.0 Å². The van der Waals surface area contributed by atoms with Crippen LogP contribution in [0.1, 0.15) is 29.7 Å². The number of nitrogens with two attached hydrogens (primary N) is 1. The van der Waals surface area contributed by atoms with Gasteiger partial charge in [0, 0.05) is 0 Å². The van der Waals surface area contributed by atoms with Gasteiger partial charge in [-0.05, 0) is 35.6 Å². The standard InChI is InChI=1S/C17H21FN2O/c1-3-12-7-4-5-9-14(12)15(20-19)11-13-8-6-10-16(21-2)17(13)18/h4-10,15,20H,3,11,19H2,1-2H3. The second-order valence-corrected chi connectivity index (χ2v) is 4.91. The van der Waals surface area contributed by atoms with Gasteiger partial charge in [0.25, 0.3) is 0 Å². The Morgan fingerprint density at radius 2 is 1.86 bits per heavy atom. The van der Waals surface area contributed by atoms with Crippen LogP contribution in [0.4, 0.5) is 4.39 Å². The molecule has 0 aliphatic rings. The first-order valence-electron chi connectivity index (χ1n) is 7.06. The first-order valence-corrected chi connectivity index (χ1v) is 7.06. The van der Waals surface area contributed by atoms with Crippen LogP contribution < -0.4 is 16.0 Å². The normalized spacial score (nSPS) is 12.2. The van der Waals surface area contributed by atoms with Crippen molar-refractivity contribution in [2.24, 2.45) is 5.84 Å². The highest BCUT2D eigenvalue weighted by atomic mass is 19.1. The molecule has 112 valence electrons. The summed E-state index contributed by atoms with van der Waals surface area (Å²) in [4.78, 5) is 0. The van der Waals surface area contributed by atoms with E-state index in [0.29, 0.717) is 12.0 Å². The Bertz CT molecular complexity index is 601. The number of benzene rings is 2. The first kappa shape index (κ1) is 15.5. The minimum Gasteiger partial charge on any atom is -0.494 e. The molecule has 0 heterocycles. The quantitative estimate of drug-likeness (QED) is 0.634. The fraction of sp³-hybridized carbons (Fsp3) is 0.294. The average Bonchev–Trinajstić information content (AvgIpc) is 2.54. The molecule has 0 bridgehead atoms. The number of hydrazine groups is 1. The summed E-state index contributed by atoms with van der Waals surface area (Å²) in [6.07, 6.45) is 1.38. The van der Waals surface area contributed by atoms with E-state index in [4.69, 9.17) is 10.6 Å². The van der Waals surface area contributed by atoms with Gasteiger partial charge in [0.05, 0.1) is 13.2 Å². The van der Waals surface area contributed by atoms with Gasteiger partial charge in [-0.1, -0.05) is 43.3 Å². The van der Waals surface area contributed by atoms with Crippen molar-refractivity contribution in [2.45, 2.75) is 25.8 Å². The molecule has 3 N–H and O–H groups in total. The van der Waals surface area contributed by atoms with E-state index >= 15 is 0 Å². The number of halogens is 1. The first-order chi connectivity index (χ1) is 10.2. The van der Waals surface area contributed by atoms with Crippen molar-refractivity contribution in [3.63, 3.8) is 0 Å². The van der Waals surface area contributed by atoms with Crippen LogP contribution in [0.2, 0.25) is 0 Å². The fourth-order valence-corrected chi connectivity index (χ4v) is 2.55. The van der Waals surface area contributed by atoms with Gasteiger partial charge in [0.2, 0.25) is 0 Å². The molecule has 0 saturated heterocycles. The zero-order valence-corrected chi connectivity index (χ0v) is 12.4. The molecular weight excluding hydrogens is 267 g/mol. The molecule has 1 unspecified atom stereocenters. The third-order valence-electron chi connectivity index (χ3n) is 3.70. The summed E-state index contributed by atoms with van der Waals surface area (Å²) < 4.78 is 19.3. The van der Waals surface area contributed by atoms with Gasteiger partial charge in [-0.15, -0.1) is 0 Å². The third kappa shape index (κ3) is 3.40. The molecule has 0 radical (unpaired) electrons. The Hall–Kier alpha value is -1.91. The number of aryl methyl sites for hydroxylation is 1. The van der Waals surface area contributed by atoms with E-state index in [1.54, 1.807) is 18.2 Å². The van der Waals surface area contributed by atoms with Gasteiger partial charge in [-0.3, -0.25) is 11.3 Å². The van der Waals surface area contributed by atoms with Crippen molar-refractivity contribution in [1.29, 1.82) is 0 Å². The highest BCUT2D eigenvalue weighted by Gasteiger charge is 2.17. The van der Waals surface area contributed by atoms with Crippen LogP contribution in [-0.4, -0.2) is 7.11 Å². The molecule has 0 aliphatic heterocycles. The predicted molar refractivity (Wildman–Crippen MR) is 82.5 cm³/mol. The summed E-state index contributed by atoms with van der Waals surface area (Å²) in [7, 11) is 1.47. The molecule has 0 amide bonds. The maximum Gasteiger partial charge on any atom is 0.168 e. The zero-order chi connectivity index (χ0) is 15.2. The maximum absolute atomic E-state index is 14.3. The van der Waals surface area contributed by atoms with Crippen molar-refractivity contribution in [3.05, 3.63) is 65.0 Å². The molecule has 0 spiro atoms. The van der Waals surface area contributed by atoms with Gasteiger partial charge in [0.15, 0.2) is 11.6 Å². The molecule has 1 atom stereocenters. The SMILES string of the molecule is CCc1ccccc1C(Cc1cccc(OC)c1F)NN. The molecule has 4 heteroatoms. The van der Waals surface area contributed by atoms with Gasteiger partial charge < -0.3 is 4.74 Å². The van der Waals surface area contributed by atoms with E-state index in [1.807, 2.05) is 18.2 Å². The Morgan fingerprint density at radius 3 is 2.52 bits per heavy atom. The maximum atomic E-state index is 14.3. The van der Waals surface area contributed by atoms with Gasteiger partial charge in [-0.25, -0.2) is 4.39 Å². The lowest BCUT2D eigenvalue weighted by atomic mass is 9.94. The van der Waals surface area contributed by atoms with E-state index in [-0.39, 0.29) is 17.6 Å². The second-order valence-electron chi connectivity index (χ2n) is 4.91. The van der Waals surface area contributed by atoms with Crippen LogP contribution in [0.25, 0.3) is 0 Å². The minimum absolute atomic E-state index is 0.136. The fourth-order valence-electron chi connectivity index (χ4n) is 2.55. The monoisotopic (exact) mass is 288 g/mol. The summed E-state index contributed by atoms with van der Waals surface area (Å²) in [6.45, 7) is 2.10. The van der Waals surface area contributed by atoms with Crippen molar-refractivity contribution < 1.29 is 9.13 Å². The number of hydrogen-bond acceptors (Lipinski definition) is 3. The topological polar surface area (TPSA) is 47.3 Å². The second kappa shape index (κ2) is 7.20. The number of nitrogens with one attached hydrogen (secondary N) is 1. The number of rotatable bonds is 6. The summed E-state index contributed by atoms with van der Waals surface area (Å²) in [6, 6.07) is 13.1. The summed E-state index contributed by atoms with van der Waals surface area (Å²) in [5, 5.41) is 0. The van der Waals surface area contributed by atoms with Crippen LogP contribution in [0.15, 0.2) is 42.5 Å². The van der Waals surface area contributed by atoms with Crippen LogP contribution in [-0.2, 0) is 12.8 Å². The average molecular weight is 288 g/mol. The summed E-state index contributed by atoms with van der Waals surface area (Å²) >= 11 is 0. The van der Waals surface area contributed by atoms with Crippen LogP contribution >= 0.6 is 0 Å². The van der Waals surface area contributed by atoms with E-state index < -0.39 is 0 Å². The number of hydrogen-bond donors (Lipinski definition) is 2. The third-order valence-corrected chi connectivity index (χ3v) is 3.70. The van der Waals surface area contributed by atoms with Crippen molar-refractivity contribution >= 4 is 0 Å². The molecule has 0 aliphatic carbocycles.